The van der Waals surface area contributed by atoms with Crippen LogP contribution in [-0.4, -0.2) is 43.2 Å². The first-order valence-electron chi connectivity index (χ1n) is 6.04. The highest BCUT2D eigenvalue weighted by atomic mass is 16.4. The van der Waals surface area contributed by atoms with Crippen molar-refractivity contribution < 1.29 is 14.7 Å². The second-order valence-electron chi connectivity index (χ2n) is 4.82. The van der Waals surface area contributed by atoms with Gasteiger partial charge in [0.2, 0.25) is 5.91 Å². The predicted octanol–water partition coefficient (Wildman–Crippen LogP) is 0.515. The normalized spacial score (nSPS) is 16.3. The first kappa shape index (κ1) is 13.4. The molecule has 6 heteroatoms. The van der Waals surface area contributed by atoms with Crippen LogP contribution in [0.1, 0.15) is 17.3 Å². The Morgan fingerprint density at radius 3 is 2.74 bits per heavy atom. The quantitative estimate of drug-likeness (QED) is 0.830. The topological polar surface area (TPSA) is 86.9 Å². The van der Waals surface area contributed by atoms with E-state index < -0.39 is 5.97 Å². The van der Waals surface area contributed by atoms with Crippen LogP contribution in [-0.2, 0) is 4.79 Å². The van der Waals surface area contributed by atoms with Crippen molar-refractivity contribution in [3.63, 3.8) is 0 Å². The van der Waals surface area contributed by atoms with E-state index in [9.17, 15) is 9.59 Å². The van der Waals surface area contributed by atoms with Crippen LogP contribution in [0.4, 0.5) is 11.4 Å². The number of nitrogens with two attached hydrogens (primary N) is 1. The number of aromatic carboxylic acids is 1. The van der Waals surface area contributed by atoms with Gasteiger partial charge in [-0.1, -0.05) is 0 Å². The maximum Gasteiger partial charge on any atom is 0.335 e. The molecule has 0 aliphatic carbocycles. The highest BCUT2D eigenvalue weighted by Gasteiger charge is 2.27. The molecule has 0 fully saturated rings. The van der Waals surface area contributed by atoms with Gasteiger partial charge in [-0.15, -0.1) is 0 Å². The molecule has 0 aromatic heterocycles. The summed E-state index contributed by atoms with van der Waals surface area (Å²) >= 11 is 0. The zero-order chi connectivity index (χ0) is 14.2. The Morgan fingerprint density at radius 1 is 1.47 bits per heavy atom. The van der Waals surface area contributed by atoms with Gasteiger partial charge in [-0.05, 0) is 25.1 Å². The number of hydrogen-bond donors (Lipinski definition) is 2. The highest BCUT2D eigenvalue weighted by molar-refractivity contribution is 6.04. The van der Waals surface area contributed by atoms with E-state index in [0.717, 1.165) is 5.69 Å². The van der Waals surface area contributed by atoms with Gasteiger partial charge in [0, 0.05) is 19.6 Å². The van der Waals surface area contributed by atoms with Gasteiger partial charge in [-0.3, -0.25) is 4.79 Å². The molecule has 1 atom stereocenters. The zero-order valence-corrected chi connectivity index (χ0v) is 11.0. The lowest BCUT2D eigenvalue weighted by Gasteiger charge is -2.36. The smallest absolute Gasteiger partial charge is 0.335 e. The number of carboxylic acid groups (broad SMARTS) is 1. The van der Waals surface area contributed by atoms with Gasteiger partial charge in [-0.2, -0.15) is 0 Å². The van der Waals surface area contributed by atoms with E-state index in [1.165, 1.54) is 11.0 Å². The molecule has 1 aliphatic rings. The maximum absolute atomic E-state index is 11.9. The van der Waals surface area contributed by atoms with E-state index in [0.29, 0.717) is 12.2 Å². The Morgan fingerprint density at radius 2 is 2.16 bits per heavy atom. The molecule has 0 radical (unpaired) electrons. The molecule has 0 bridgehead atoms. The van der Waals surface area contributed by atoms with Crippen LogP contribution in [0.25, 0.3) is 0 Å². The van der Waals surface area contributed by atoms with Crippen molar-refractivity contribution in [2.45, 2.75) is 13.0 Å². The van der Waals surface area contributed by atoms with Gasteiger partial charge >= 0.3 is 5.97 Å². The number of rotatable bonds is 3. The van der Waals surface area contributed by atoms with Crippen LogP contribution in [0.3, 0.4) is 0 Å². The van der Waals surface area contributed by atoms with Gasteiger partial charge in [-0.25, -0.2) is 4.79 Å². The fraction of sp³-hybridized carbons (Fsp3) is 0.385. The number of amides is 1. The summed E-state index contributed by atoms with van der Waals surface area (Å²) in [5.41, 5.74) is 7.39. The Labute approximate surface area is 111 Å². The van der Waals surface area contributed by atoms with Gasteiger partial charge in [0.05, 0.1) is 23.5 Å². The second-order valence-corrected chi connectivity index (χ2v) is 4.82. The molecule has 1 amide bonds. The van der Waals surface area contributed by atoms with Crippen LogP contribution in [0.2, 0.25) is 0 Å². The second kappa shape index (κ2) is 4.89. The average Bonchev–Trinajstić information content (AvgIpc) is 2.34. The average molecular weight is 263 g/mol. The minimum Gasteiger partial charge on any atom is -0.478 e. The monoisotopic (exact) mass is 263 g/mol. The fourth-order valence-corrected chi connectivity index (χ4v) is 2.19. The van der Waals surface area contributed by atoms with Crippen molar-refractivity contribution in [3.05, 3.63) is 23.8 Å². The van der Waals surface area contributed by atoms with Crippen LogP contribution in [0.5, 0.6) is 0 Å². The minimum atomic E-state index is -1.01. The fourth-order valence-electron chi connectivity index (χ4n) is 2.19. The number of carbonyl (C=O) groups excluding carboxylic acids is 1. The molecule has 0 saturated carbocycles. The molecule has 1 aliphatic heterocycles. The maximum atomic E-state index is 11.9. The molecule has 1 unspecified atom stereocenters. The standard InChI is InChI=1S/C13H17N3O3/c1-8(14)6-16-7-12(17)15(2)11-5-9(13(18)19)3-4-10(11)16/h3-5,8H,6-7,14H2,1-2H3,(H,18,19). The summed E-state index contributed by atoms with van der Waals surface area (Å²) in [6, 6.07) is 4.72. The number of carbonyl (C=O) groups is 2. The molecule has 1 aromatic carbocycles. The van der Waals surface area contributed by atoms with Crippen molar-refractivity contribution in [3.8, 4) is 0 Å². The molecule has 1 heterocycles. The molecule has 1 aromatic rings. The van der Waals surface area contributed by atoms with Gasteiger partial charge in [0.1, 0.15) is 0 Å². The van der Waals surface area contributed by atoms with E-state index in [-0.39, 0.29) is 24.1 Å². The zero-order valence-electron chi connectivity index (χ0n) is 11.0. The van der Waals surface area contributed by atoms with E-state index in [2.05, 4.69) is 0 Å². The van der Waals surface area contributed by atoms with Gasteiger partial charge in [0.15, 0.2) is 0 Å². The Hall–Kier alpha value is -2.08. The first-order valence-corrected chi connectivity index (χ1v) is 6.04. The van der Waals surface area contributed by atoms with Crippen LogP contribution in [0.15, 0.2) is 18.2 Å². The van der Waals surface area contributed by atoms with E-state index in [4.69, 9.17) is 10.8 Å². The van der Waals surface area contributed by atoms with Crippen LogP contribution >= 0.6 is 0 Å². The van der Waals surface area contributed by atoms with Crippen molar-refractivity contribution >= 4 is 23.3 Å². The summed E-state index contributed by atoms with van der Waals surface area (Å²) in [4.78, 5) is 26.3. The Bertz CT molecular complexity index is 528. The number of hydrogen-bond acceptors (Lipinski definition) is 4. The number of benzene rings is 1. The lowest BCUT2D eigenvalue weighted by molar-refractivity contribution is -0.117. The lowest BCUT2D eigenvalue weighted by Crippen LogP contribution is -2.47. The third-order valence-electron chi connectivity index (χ3n) is 3.13. The van der Waals surface area contributed by atoms with Crippen molar-refractivity contribution in [1.29, 1.82) is 0 Å². The van der Waals surface area contributed by atoms with Crippen molar-refractivity contribution in [2.75, 3.05) is 29.9 Å². The predicted molar refractivity (Wildman–Crippen MR) is 72.7 cm³/mol. The number of fused-ring (bicyclic) bond motifs is 1. The van der Waals surface area contributed by atoms with Crippen molar-refractivity contribution in [1.82, 2.24) is 0 Å². The molecular weight excluding hydrogens is 246 g/mol. The largest absolute Gasteiger partial charge is 0.478 e. The summed E-state index contributed by atoms with van der Waals surface area (Å²) in [5.74, 6) is -1.08. The molecule has 2 rings (SSSR count). The summed E-state index contributed by atoms with van der Waals surface area (Å²) in [6.07, 6.45) is 0. The summed E-state index contributed by atoms with van der Waals surface area (Å²) in [7, 11) is 1.65. The molecule has 6 nitrogen and oxygen atoms in total. The Balaban J connectivity index is 2.46. The van der Waals surface area contributed by atoms with Crippen LogP contribution in [0, 0.1) is 0 Å². The third kappa shape index (κ3) is 2.53. The van der Waals surface area contributed by atoms with Gasteiger partial charge in [0.25, 0.3) is 0 Å². The molecule has 0 spiro atoms. The molecule has 0 saturated heterocycles. The number of carboxylic acids is 1. The van der Waals surface area contributed by atoms with Crippen molar-refractivity contribution in [2.24, 2.45) is 5.73 Å². The summed E-state index contributed by atoms with van der Waals surface area (Å²) < 4.78 is 0. The first-order chi connectivity index (χ1) is 8.90. The summed E-state index contributed by atoms with van der Waals surface area (Å²) in [6.45, 7) is 2.69. The van der Waals surface area contributed by atoms with E-state index in [1.807, 2.05) is 11.8 Å². The highest BCUT2D eigenvalue weighted by Crippen LogP contribution is 2.33. The Kier molecular flexibility index (Phi) is 3.44. The molecule has 19 heavy (non-hydrogen) atoms. The SMILES string of the molecule is CC(N)CN1CC(=O)N(C)c2cc(C(=O)O)ccc21. The van der Waals surface area contributed by atoms with E-state index >= 15 is 0 Å². The third-order valence-corrected chi connectivity index (χ3v) is 3.13. The number of likely N-dealkylation sites (N-methyl/N-ethyl adjacent to an activating group) is 1. The summed E-state index contributed by atoms with van der Waals surface area (Å²) in [5, 5.41) is 9.01. The molecule has 102 valence electrons. The minimum absolute atomic E-state index is 0.0665. The molecular formula is C13H17N3O3. The molecule has 3 N–H and O–H groups in total. The van der Waals surface area contributed by atoms with Crippen LogP contribution < -0.4 is 15.5 Å². The van der Waals surface area contributed by atoms with E-state index in [1.54, 1.807) is 19.2 Å². The number of nitrogens with zero attached hydrogens (tertiary/aromatic N) is 2. The lowest BCUT2D eigenvalue weighted by atomic mass is 10.1. The van der Waals surface area contributed by atoms with Gasteiger partial charge < -0.3 is 20.6 Å². The number of anilines is 2.